The number of fused-ring (bicyclic) bond motifs is 1. The number of nitrogens with zero attached hydrogens (tertiary/aromatic N) is 3. The predicted octanol–water partition coefficient (Wildman–Crippen LogP) is 3.20. The summed E-state index contributed by atoms with van der Waals surface area (Å²) >= 11 is 0. The molecule has 2 fully saturated rings. The lowest BCUT2D eigenvalue weighted by Gasteiger charge is -2.37. The molecule has 2 aliphatic heterocycles. The van der Waals surface area contributed by atoms with E-state index in [2.05, 4.69) is 57.1 Å². The van der Waals surface area contributed by atoms with Crippen LogP contribution >= 0.6 is 0 Å². The van der Waals surface area contributed by atoms with Crippen molar-refractivity contribution in [2.45, 2.75) is 32.0 Å². The fourth-order valence-corrected chi connectivity index (χ4v) is 5.48. The number of rotatable bonds is 6. The summed E-state index contributed by atoms with van der Waals surface area (Å²) in [6, 6.07) is 20.9. The SMILES string of the molecule is CN(Cc1ccccc1)C(=O)C1CNNC1C1CCCN(Cc2ccnc3ccccc23)C1. The monoisotopic (exact) mass is 443 g/mol. The van der Waals surface area contributed by atoms with Crippen molar-refractivity contribution in [1.29, 1.82) is 0 Å². The van der Waals surface area contributed by atoms with Gasteiger partial charge in [-0.2, -0.15) is 0 Å². The number of hydrogen-bond acceptors (Lipinski definition) is 5. The zero-order valence-electron chi connectivity index (χ0n) is 19.3. The molecule has 1 aromatic heterocycles. The number of carbonyl (C=O) groups excluding carboxylic acids is 1. The number of hydrogen-bond donors (Lipinski definition) is 2. The Kier molecular flexibility index (Phi) is 6.67. The number of nitrogens with one attached hydrogen (secondary N) is 2. The van der Waals surface area contributed by atoms with Crippen molar-refractivity contribution in [2.75, 3.05) is 26.7 Å². The van der Waals surface area contributed by atoms with Gasteiger partial charge < -0.3 is 4.90 Å². The molecule has 2 aliphatic rings. The minimum absolute atomic E-state index is 0.0367. The maximum absolute atomic E-state index is 13.3. The summed E-state index contributed by atoms with van der Waals surface area (Å²) in [5, 5.41) is 1.23. The molecule has 2 aromatic carbocycles. The molecule has 0 aliphatic carbocycles. The minimum atomic E-state index is -0.0367. The van der Waals surface area contributed by atoms with Gasteiger partial charge in [-0.15, -0.1) is 0 Å². The molecule has 172 valence electrons. The second-order valence-electron chi connectivity index (χ2n) is 9.46. The van der Waals surface area contributed by atoms with Crippen molar-refractivity contribution in [3.8, 4) is 0 Å². The first-order valence-electron chi connectivity index (χ1n) is 12.0. The molecular weight excluding hydrogens is 410 g/mol. The summed E-state index contributed by atoms with van der Waals surface area (Å²) in [5.74, 6) is 0.630. The van der Waals surface area contributed by atoms with Crippen LogP contribution in [0, 0.1) is 11.8 Å². The maximum atomic E-state index is 13.3. The third-order valence-corrected chi connectivity index (χ3v) is 7.16. The van der Waals surface area contributed by atoms with Crippen LogP contribution in [0.2, 0.25) is 0 Å². The lowest BCUT2D eigenvalue weighted by atomic mass is 9.83. The number of pyridine rings is 1. The van der Waals surface area contributed by atoms with Crippen molar-refractivity contribution in [3.63, 3.8) is 0 Å². The molecule has 3 atom stereocenters. The van der Waals surface area contributed by atoms with Gasteiger partial charge in [0.25, 0.3) is 0 Å². The largest absolute Gasteiger partial charge is 0.341 e. The van der Waals surface area contributed by atoms with Crippen LogP contribution in [0.4, 0.5) is 0 Å². The first kappa shape index (κ1) is 22.0. The first-order valence-corrected chi connectivity index (χ1v) is 12.0. The molecule has 2 N–H and O–H groups in total. The number of hydrazine groups is 1. The predicted molar refractivity (Wildman–Crippen MR) is 131 cm³/mol. The van der Waals surface area contributed by atoms with Gasteiger partial charge >= 0.3 is 0 Å². The number of carbonyl (C=O) groups is 1. The highest BCUT2D eigenvalue weighted by Gasteiger charge is 2.40. The van der Waals surface area contributed by atoms with E-state index in [1.807, 2.05) is 42.4 Å². The molecule has 0 bridgehead atoms. The van der Waals surface area contributed by atoms with Gasteiger partial charge in [0.15, 0.2) is 0 Å². The van der Waals surface area contributed by atoms with Gasteiger partial charge in [-0.25, -0.2) is 0 Å². The Hall–Kier alpha value is -2.80. The van der Waals surface area contributed by atoms with E-state index in [0.29, 0.717) is 19.0 Å². The summed E-state index contributed by atoms with van der Waals surface area (Å²) in [7, 11) is 1.92. The van der Waals surface area contributed by atoms with Crippen LogP contribution in [0.3, 0.4) is 0 Å². The molecule has 6 nitrogen and oxygen atoms in total. The van der Waals surface area contributed by atoms with Crippen molar-refractivity contribution in [2.24, 2.45) is 11.8 Å². The van der Waals surface area contributed by atoms with Gasteiger partial charge in [0.2, 0.25) is 5.91 Å². The number of aromatic nitrogens is 1. The number of likely N-dealkylation sites (tertiary alicyclic amines) is 1. The minimum Gasteiger partial charge on any atom is -0.341 e. The first-order chi connectivity index (χ1) is 16.2. The van der Waals surface area contributed by atoms with Crippen molar-refractivity contribution in [3.05, 3.63) is 78.0 Å². The fourth-order valence-electron chi connectivity index (χ4n) is 5.48. The average molecular weight is 444 g/mol. The Bertz CT molecular complexity index is 1080. The van der Waals surface area contributed by atoms with Crippen LogP contribution < -0.4 is 10.9 Å². The quantitative estimate of drug-likeness (QED) is 0.613. The van der Waals surface area contributed by atoms with E-state index in [1.54, 1.807) is 0 Å². The molecule has 33 heavy (non-hydrogen) atoms. The van der Waals surface area contributed by atoms with Crippen LogP contribution in [0.25, 0.3) is 10.9 Å². The molecule has 3 aromatic rings. The highest BCUT2D eigenvalue weighted by atomic mass is 16.2. The molecule has 1 amide bonds. The van der Waals surface area contributed by atoms with E-state index < -0.39 is 0 Å². The highest BCUT2D eigenvalue weighted by molar-refractivity contribution is 5.82. The van der Waals surface area contributed by atoms with Gasteiger partial charge in [-0.05, 0) is 48.6 Å². The fraction of sp³-hybridized carbons (Fsp3) is 0.407. The lowest BCUT2D eigenvalue weighted by Crippen LogP contribution is -2.49. The van der Waals surface area contributed by atoms with Gasteiger partial charge in [0, 0.05) is 50.9 Å². The zero-order chi connectivity index (χ0) is 22.6. The number of amides is 1. The maximum Gasteiger partial charge on any atom is 0.228 e. The van der Waals surface area contributed by atoms with Crippen molar-refractivity contribution in [1.82, 2.24) is 25.6 Å². The Morgan fingerprint density at radius 1 is 1.12 bits per heavy atom. The van der Waals surface area contributed by atoms with Gasteiger partial charge in [0.05, 0.1) is 11.4 Å². The zero-order valence-corrected chi connectivity index (χ0v) is 19.3. The van der Waals surface area contributed by atoms with Crippen LogP contribution in [-0.2, 0) is 17.9 Å². The summed E-state index contributed by atoms with van der Waals surface area (Å²) in [4.78, 5) is 22.3. The van der Waals surface area contributed by atoms with Crippen molar-refractivity contribution < 1.29 is 4.79 Å². The summed E-state index contributed by atoms with van der Waals surface area (Å²) in [6.07, 6.45) is 4.23. The van der Waals surface area contributed by atoms with Crippen LogP contribution in [0.15, 0.2) is 66.9 Å². The van der Waals surface area contributed by atoms with Gasteiger partial charge in [-0.1, -0.05) is 48.5 Å². The summed E-state index contributed by atoms with van der Waals surface area (Å²) < 4.78 is 0. The third kappa shape index (κ3) is 4.93. The Morgan fingerprint density at radius 2 is 1.94 bits per heavy atom. The van der Waals surface area contributed by atoms with Crippen LogP contribution in [-0.4, -0.2) is 53.4 Å². The van der Waals surface area contributed by atoms with Gasteiger partial charge in [0.1, 0.15) is 0 Å². The van der Waals surface area contributed by atoms with Crippen LogP contribution in [0.1, 0.15) is 24.0 Å². The van der Waals surface area contributed by atoms with Crippen LogP contribution in [0.5, 0.6) is 0 Å². The van der Waals surface area contributed by atoms with E-state index in [-0.39, 0.29) is 17.9 Å². The molecule has 2 saturated heterocycles. The standard InChI is InChI=1S/C27H33N5O/c1-31(17-20-8-3-2-4-9-20)27(33)24-16-29-30-26(24)22-10-7-15-32(19-22)18-21-13-14-28-25-12-6-5-11-23(21)25/h2-6,8-9,11-14,22,24,26,29-30H,7,10,15-19H2,1H3. The number of benzene rings is 2. The van der Waals surface area contributed by atoms with E-state index in [0.717, 1.165) is 43.6 Å². The van der Waals surface area contributed by atoms with E-state index >= 15 is 0 Å². The molecule has 3 heterocycles. The Morgan fingerprint density at radius 3 is 2.82 bits per heavy atom. The summed E-state index contributed by atoms with van der Waals surface area (Å²) in [6.45, 7) is 4.36. The molecule has 5 rings (SSSR count). The van der Waals surface area contributed by atoms with E-state index in [9.17, 15) is 4.79 Å². The molecule has 0 spiro atoms. The third-order valence-electron chi connectivity index (χ3n) is 7.16. The van der Waals surface area contributed by atoms with Crippen molar-refractivity contribution >= 4 is 16.8 Å². The number of piperidine rings is 1. The molecule has 0 saturated carbocycles. The average Bonchev–Trinajstić information content (AvgIpc) is 3.35. The topological polar surface area (TPSA) is 60.5 Å². The molecule has 0 radical (unpaired) electrons. The molecule has 6 heteroatoms. The van der Waals surface area contributed by atoms with E-state index in [1.165, 1.54) is 10.9 Å². The number of para-hydroxylation sites is 1. The highest BCUT2D eigenvalue weighted by Crippen LogP contribution is 2.29. The smallest absolute Gasteiger partial charge is 0.228 e. The second kappa shape index (κ2) is 10.00. The van der Waals surface area contributed by atoms with Gasteiger partial charge in [-0.3, -0.25) is 25.5 Å². The normalized spacial score (nSPS) is 23.6. The lowest BCUT2D eigenvalue weighted by molar-refractivity contribution is -0.135. The van der Waals surface area contributed by atoms with E-state index in [4.69, 9.17) is 0 Å². The molecule has 3 unspecified atom stereocenters. The molecular formula is C27H33N5O. The Labute approximate surface area is 196 Å². The summed E-state index contributed by atoms with van der Waals surface area (Å²) in [5.41, 5.74) is 10.3. The Balaban J connectivity index is 1.25. The second-order valence-corrected chi connectivity index (χ2v) is 9.46.